The summed E-state index contributed by atoms with van der Waals surface area (Å²) in [5.74, 6) is 1.61. The third kappa shape index (κ3) is 1.75. The number of rotatable bonds is 3. The Kier molecular flexibility index (Phi) is 2.36. The minimum Gasteiger partial charge on any atom is -0.467 e. The van der Waals surface area contributed by atoms with E-state index in [2.05, 4.69) is 25.3 Å². The number of H-pyrrole nitrogens is 1. The van der Waals surface area contributed by atoms with Gasteiger partial charge in [-0.15, -0.1) is 0 Å². The third-order valence-electron chi connectivity index (χ3n) is 2.63. The van der Waals surface area contributed by atoms with E-state index in [0.717, 1.165) is 11.3 Å². The van der Waals surface area contributed by atoms with Crippen LogP contribution in [0.15, 0.2) is 29.1 Å². The maximum absolute atomic E-state index is 5.64. The summed E-state index contributed by atoms with van der Waals surface area (Å²) >= 11 is 0. The summed E-state index contributed by atoms with van der Waals surface area (Å²) < 4.78 is 5.33. The molecule has 1 atom stereocenters. The lowest BCUT2D eigenvalue weighted by atomic mass is 10.2. The van der Waals surface area contributed by atoms with E-state index in [1.807, 2.05) is 19.1 Å². The lowest BCUT2D eigenvalue weighted by Gasteiger charge is -2.12. The second-order valence-corrected chi connectivity index (χ2v) is 3.91. The molecule has 4 N–H and O–H groups in total. The van der Waals surface area contributed by atoms with Gasteiger partial charge in [-0.25, -0.2) is 4.98 Å². The summed E-state index contributed by atoms with van der Waals surface area (Å²) in [5.41, 5.74) is 6.90. The second-order valence-electron chi connectivity index (χ2n) is 3.91. The molecule has 0 aliphatic rings. The van der Waals surface area contributed by atoms with Crippen molar-refractivity contribution in [3.05, 3.63) is 30.5 Å². The first-order chi connectivity index (χ1) is 8.74. The first kappa shape index (κ1) is 10.6. The summed E-state index contributed by atoms with van der Waals surface area (Å²) in [5, 5.41) is 3.22. The Morgan fingerprint density at radius 1 is 1.44 bits per heavy atom. The normalized spacial score (nSPS) is 12.7. The van der Waals surface area contributed by atoms with E-state index >= 15 is 0 Å². The van der Waals surface area contributed by atoms with Crippen molar-refractivity contribution >= 4 is 22.9 Å². The number of imidazole rings is 1. The van der Waals surface area contributed by atoms with Crippen molar-refractivity contribution in [2.45, 2.75) is 13.0 Å². The van der Waals surface area contributed by atoms with Crippen LogP contribution in [0.25, 0.3) is 11.2 Å². The average Bonchev–Trinajstić information content (AvgIpc) is 2.98. The van der Waals surface area contributed by atoms with Gasteiger partial charge in [0, 0.05) is 0 Å². The molecule has 3 rings (SSSR count). The molecule has 3 aromatic heterocycles. The highest BCUT2D eigenvalue weighted by molar-refractivity contribution is 5.83. The Hall–Kier alpha value is -2.57. The second kappa shape index (κ2) is 4.02. The Labute approximate surface area is 102 Å². The predicted octanol–water partition coefficient (Wildman–Crippen LogP) is 1.70. The number of furan rings is 1. The zero-order valence-corrected chi connectivity index (χ0v) is 9.71. The third-order valence-corrected chi connectivity index (χ3v) is 2.63. The van der Waals surface area contributed by atoms with Crippen LogP contribution in [0.1, 0.15) is 18.7 Å². The van der Waals surface area contributed by atoms with Crippen LogP contribution in [0.2, 0.25) is 0 Å². The minimum atomic E-state index is -0.0270. The van der Waals surface area contributed by atoms with Gasteiger partial charge in [0.25, 0.3) is 0 Å². The van der Waals surface area contributed by atoms with Crippen LogP contribution in [0.4, 0.5) is 11.8 Å². The van der Waals surface area contributed by atoms with E-state index in [4.69, 9.17) is 10.2 Å². The molecule has 0 aromatic carbocycles. The minimum absolute atomic E-state index is 0.0270. The van der Waals surface area contributed by atoms with Crippen molar-refractivity contribution in [2.24, 2.45) is 0 Å². The number of nitrogens with zero attached hydrogens (tertiary/aromatic N) is 3. The Balaban J connectivity index is 1.97. The van der Waals surface area contributed by atoms with E-state index in [-0.39, 0.29) is 12.0 Å². The van der Waals surface area contributed by atoms with Gasteiger partial charge < -0.3 is 20.5 Å². The molecule has 0 aliphatic carbocycles. The first-order valence-corrected chi connectivity index (χ1v) is 5.50. The zero-order valence-electron chi connectivity index (χ0n) is 9.71. The lowest BCUT2D eigenvalue weighted by molar-refractivity contribution is 0.490. The standard InChI is InChI=1S/C11H12N6O/c1-6(7-3-2-4-18-7)15-10-8-9(14-5-13-8)16-11(12)17-10/h2-6H,1H3,(H4,12,13,14,15,16,17). The zero-order chi connectivity index (χ0) is 12.5. The van der Waals surface area contributed by atoms with E-state index in [1.165, 1.54) is 0 Å². The van der Waals surface area contributed by atoms with Gasteiger partial charge in [0.1, 0.15) is 11.3 Å². The number of anilines is 2. The van der Waals surface area contributed by atoms with Gasteiger partial charge in [-0.3, -0.25) is 0 Å². The molecule has 0 spiro atoms. The van der Waals surface area contributed by atoms with Crippen molar-refractivity contribution in [1.82, 2.24) is 19.9 Å². The maximum Gasteiger partial charge on any atom is 0.224 e. The fourth-order valence-electron chi connectivity index (χ4n) is 1.77. The van der Waals surface area contributed by atoms with E-state index in [9.17, 15) is 0 Å². The number of hydrogen-bond acceptors (Lipinski definition) is 6. The van der Waals surface area contributed by atoms with Crippen molar-refractivity contribution < 1.29 is 4.42 Å². The van der Waals surface area contributed by atoms with Crippen LogP contribution in [-0.4, -0.2) is 19.9 Å². The average molecular weight is 244 g/mol. The fourth-order valence-corrected chi connectivity index (χ4v) is 1.77. The number of nitrogens with one attached hydrogen (secondary N) is 2. The van der Waals surface area contributed by atoms with Crippen LogP contribution in [0.3, 0.4) is 0 Å². The molecule has 0 amide bonds. The lowest BCUT2D eigenvalue weighted by Crippen LogP contribution is -2.09. The molecule has 0 saturated heterocycles. The molecule has 0 aliphatic heterocycles. The molecule has 18 heavy (non-hydrogen) atoms. The van der Waals surface area contributed by atoms with Gasteiger partial charge in [0.05, 0.1) is 18.6 Å². The molecule has 0 bridgehead atoms. The Morgan fingerprint density at radius 2 is 2.33 bits per heavy atom. The quantitative estimate of drug-likeness (QED) is 0.647. The topological polar surface area (TPSA) is 106 Å². The molecule has 0 fully saturated rings. The van der Waals surface area contributed by atoms with Crippen LogP contribution in [0.5, 0.6) is 0 Å². The fraction of sp³-hybridized carbons (Fsp3) is 0.182. The summed E-state index contributed by atoms with van der Waals surface area (Å²) in [6, 6.07) is 3.71. The highest BCUT2D eigenvalue weighted by Gasteiger charge is 2.13. The van der Waals surface area contributed by atoms with Gasteiger partial charge in [-0.1, -0.05) is 0 Å². The van der Waals surface area contributed by atoms with E-state index in [1.54, 1.807) is 12.6 Å². The number of aromatic amines is 1. The van der Waals surface area contributed by atoms with E-state index < -0.39 is 0 Å². The van der Waals surface area contributed by atoms with Crippen LogP contribution in [0, 0.1) is 0 Å². The molecule has 0 saturated carbocycles. The molecular formula is C11H12N6O. The number of fused-ring (bicyclic) bond motifs is 1. The van der Waals surface area contributed by atoms with Crippen molar-refractivity contribution in [3.8, 4) is 0 Å². The molecule has 3 heterocycles. The smallest absolute Gasteiger partial charge is 0.224 e. The number of nitrogens with two attached hydrogens (primary N) is 1. The number of aromatic nitrogens is 4. The molecule has 7 heteroatoms. The van der Waals surface area contributed by atoms with Crippen molar-refractivity contribution in [1.29, 1.82) is 0 Å². The Bertz CT molecular complexity index is 659. The largest absolute Gasteiger partial charge is 0.467 e. The van der Waals surface area contributed by atoms with Gasteiger partial charge in [-0.05, 0) is 19.1 Å². The molecule has 92 valence electrons. The summed E-state index contributed by atoms with van der Waals surface area (Å²) in [4.78, 5) is 15.2. The molecular weight excluding hydrogens is 232 g/mol. The molecule has 3 aromatic rings. The predicted molar refractivity (Wildman–Crippen MR) is 66.8 cm³/mol. The molecule has 0 radical (unpaired) electrons. The highest BCUT2D eigenvalue weighted by Crippen LogP contribution is 2.23. The van der Waals surface area contributed by atoms with Gasteiger partial charge in [0.2, 0.25) is 5.95 Å². The maximum atomic E-state index is 5.64. The van der Waals surface area contributed by atoms with Gasteiger partial charge in [-0.2, -0.15) is 9.97 Å². The molecule has 7 nitrogen and oxygen atoms in total. The van der Waals surface area contributed by atoms with E-state index in [0.29, 0.717) is 11.5 Å². The highest BCUT2D eigenvalue weighted by atomic mass is 16.3. The Morgan fingerprint density at radius 3 is 3.11 bits per heavy atom. The number of hydrogen-bond donors (Lipinski definition) is 3. The van der Waals surface area contributed by atoms with Crippen molar-refractivity contribution in [3.63, 3.8) is 0 Å². The van der Waals surface area contributed by atoms with Crippen LogP contribution >= 0.6 is 0 Å². The van der Waals surface area contributed by atoms with Gasteiger partial charge in [0.15, 0.2) is 11.5 Å². The summed E-state index contributed by atoms with van der Waals surface area (Å²) in [6.07, 6.45) is 3.19. The summed E-state index contributed by atoms with van der Waals surface area (Å²) in [6.45, 7) is 1.97. The van der Waals surface area contributed by atoms with Crippen LogP contribution < -0.4 is 11.1 Å². The van der Waals surface area contributed by atoms with Crippen molar-refractivity contribution in [2.75, 3.05) is 11.1 Å². The van der Waals surface area contributed by atoms with Gasteiger partial charge >= 0.3 is 0 Å². The first-order valence-electron chi connectivity index (χ1n) is 5.50. The van der Waals surface area contributed by atoms with Crippen LogP contribution in [-0.2, 0) is 0 Å². The SMILES string of the molecule is CC(Nc1nc(N)nc2nc[nH]c12)c1ccco1. The number of nitrogen functional groups attached to an aromatic ring is 1. The monoisotopic (exact) mass is 244 g/mol. The summed E-state index contributed by atoms with van der Waals surface area (Å²) in [7, 11) is 0. The molecule has 1 unspecified atom stereocenters.